The Morgan fingerprint density at radius 3 is 2.50 bits per heavy atom. The van der Waals surface area contributed by atoms with Crippen molar-refractivity contribution in [2.75, 3.05) is 16.9 Å². The predicted octanol–water partition coefficient (Wildman–Crippen LogP) is 3.34. The number of hydrogen-bond donors (Lipinski definition) is 1. The minimum Gasteiger partial charge on any atom is -0.461 e. The summed E-state index contributed by atoms with van der Waals surface area (Å²) in [4.78, 5) is 25.2. The first kappa shape index (κ1) is 19.7. The number of esters is 1. The van der Waals surface area contributed by atoms with Crippen LogP contribution in [0.15, 0.2) is 65.8 Å². The van der Waals surface area contributed by atoms with Crippen LogP contribution in [0.5, 0.6) is 0 Å². The van der Waals surface area contributed by atoms with Crippen molar-refractivity contribution in [1.82, 2.24) is 10.2 Å². The van der Waals surface area contributed by atoms with Crippen LogP contribution in [0.25, 0.3) is 10.6 Å². The average molecular weight is 421 g/mol. The van der Waals surface area contributed by atoms with Gasteiger partial charge >= 0.3 is 5.97 Å². The number of amides is 1. The molecule has 0 spiro atoms. The summed E-state index contributed by atoms with van der Waals surface area (Å²) in [5.74, 6) is -0.839. The van der Waals surface area contributed by atoms with Gasteiger partial charge in [-0.05, 0) is 19.1 Å². The SMILES string of the molecule is CCOC(=O)C1=NN(c2ccccc2)C(C(=O)Nc2nnc(-c3ccccc3)s2)C1. The Labute approximate surface area is 177 Å². The fourth-order valence-corrected chi connectivity index (χ4v) is 3.78. The van der Waals surface area contributed by atoms with Gasteiger partial charge in [0.05, 0.1) is 12.3 Å². The predicted molar refractivity (Wildman–Crippen MR) is 115 cm³/mol. The Hall–Kier alpha value is -3.59. The van der Waals surface area contributed by atoms with E-state index in [4.69, 9.17) is 4.74 Å². The molecule has 3 aromatic rings. The number of hydrazone groups is 1. The van der Waals surface area contributed by atoms with Crippen LogP contribution in [-0.2, 0) is 14.3 Å². The molecule has 1 aliphatic heterocycles. The highest BCUT2D eigenvalue weighted by Crippen LogP contribution is 2.28. The van der Waals surface area contributed by atoms with Gasteiger partial charge in [-0.25, -0.2) is 4.79 Å². The molecule has 152 valence electrons. The standard InChI is InChI=1S/C21H19N5O3S/c1-2-29-20(28)16-13-17(26(25-16)15-11-7-4-8-12-15)18(27)22-21-24-23-19(30-21)14-9-5-3-6-10-14/h3-12,17H,2,13H2,1H3,(H,22,24,27). The molecule has 8 nitrogen and oxygen atoms in total. The number of para-hydroxylation sites is 1. The highest BCUT2D eigenvalue weighted by atomic mass is 32.1. The first-order valence-electron chi connectivity index (χ1n) is 9.44. The molecule has 1 atom stereocenters. The molecule has 0 saturated carbocycles. The van der Waals surface area contributed by atoms with Gasteiger partial charge in [-0.2, -0.15) is 5.10 Å². The molecule has 4 rings (SSSR count). The van der Waals surface area contributed by atoms with Gasteiger partial charge in [0.25, 0.3) is 5.91 Å². The lowest BCUT2D eigenvalue weighted by atomic mass is 10.1. The Morgan fingerprint density at radius 2 is 1.80 bits per heavy atom. The van der Waals surface area contributed by atoms with Crippen LogP contribution < -0.4 is 10.3 Å². The minimum atomic E-state index is -0.698. The largest absolute Gasteiger partial charge is 0.461 e. The van der Waals surface area contributed by atoms with Gasteiger partial charge in [0.2, 0.25) is 5.13 Å². The summed E-state index contributed by atoms with van der Waals surface area (Å²) in [5.41, 5.74) is 1.84. The number of aromatic nitrogens is 2. The Morgan fingerprint density at radius 1 is 1.10 bits per heavy atom. The first-order chi connectivity index (χ1) is 14.7. The van der Waals surface area contributed by atoms with E-state index in [1.807, 2.05) is 60.7 Å². The third kappa shape index (κ3) is 4.20. The number of anilines is 2. The number of rotatable bonds is 6. The van der Waals surface area contributed by atoms with Crippen LogP contribution in [0, 0.1) is 0 Å². The zero-order chi connectivity index (χ0) is 20.9. The van der Waals surface area contributed by atoms with Gasteiger partial charge in [0, 0.05) is 12.0 Å². The Balaban J connectivity index is 1.53. The molecule has 0 saturated heterocycles. The maximum atomic E-state index is 13.0. The van der Waals surface area contributed by atoms with Crippen molar-refractivity contribution in [2.45, 2.75) is 19.4 Å². The van der Waals surface area contributed by atoms with Crippen molar-refractivity contribution in [3.05, 3.63) is 60.7 Å². The molecule has 0 bridgehead atoms. The molecule has 0 aliphatic carbocycles. The van der Waals surface area contributed by atoms with Gasteiger partial charge in [-0.3, -0.25) is 15.1 Å². The monoisotopic (exact) mass is 421 g/mol. The van der Waals surface area contributed by atoms with Gasteiger partial charge in [0.1, 0.15) is 16.8 Å². The second-order valence-corrected chi connectivity index (χ2v) is 7.41. The summed E-state index contributed by atoms with van der Waals surface area (Å²) < 4.78 is 5.06. The third-order valence-electron chi connectivity index (χ3n) is 4.42. The number of nitrogens with zero attached hydrogens (tertiary/aromatic N) is 4. The van der Waals surface area contributed by atoms with E-state index in [0.717, 1.165) is 5.56 Å². The molecule has 30 heavy (non-hydrogen) atoms. The number of carbonyl (C=O) groups is 2. The minimum absolute atomic E-state index is 0.143. The molecule has 1 unspecified atom stereocenters. The van der Waals surface area contributed by atoms with Crippen molar-refractivity contribution in [1.29, 1.82) is 0 Å². The summed E-state index contributed by atoms with van der Waals surface area (Å²) in [6, 6.07) is 18.1. The lowest BCUT2D eigenvalue weighted by Gasteiger charge is -2.22. The number of nitrogens with one attached hydrogen (secondary N) is 1. The molecule has 0 fully saturated rings. The van der Waals surface area contributed by atoms with Crippen molar-refractivity contribution in [3.63, 3.8) is 0 Å². The quantitative estimate of drug-likeness (QED) is 0.613. The van der Waals surface area contributed by atoms with Gasteiger partial charge in [0.15, 0.2) is 0 Å². The highest BCUT2D eigenvalue weighted by molar-refractivity contribution is 7.18. The van der Waals surface area contributed by atoms with E-state index < -0.39 is 12.0 Å². The summed E-state index contributed by atoms with van der Waals surface area (Å²) >= 11 is 1.28. The van der Waals surface area contributed by atoms with E-state index in [1.54, 1.807) is 11.9 Å². The lowest BCUT2D eigenvalue weighted by molar-refractivity contribution is -0.135. The molecule has 1 N–H and O–H groups in total. The molecule has 1 amide bonds. The summed E-state index contributed by atoms with van der Waals surface area (Å²) in [6.07, 6.45) is 0.143. The van der Waals surface area contributed by atoms with E-state index in [2.05, 4.69) is 20.6 Å². The van der Waals surface area contributed by atoms with Crippen LogP contribution in [0.2, 0.25) is 0 Å². The summed E-state index contributed by atoms with van der Waals surface area (Å²) in [7, 11) is 0. The summed E-state index contributed by atoms with van der Waals surface area (Å²) in [6.45, 7) is 1.97. The molecule has 1 aromatic heterocycles. The lowest BCUT2D eigenvalue weighted by Crippen LogP contribution is -2.38. The number of hydrogen-bond acceptors (Lipinski definition) is 8. The zero-order valence-electron chi connectivity index (χ0n) is 16.2. The Bertz CT molecular complexity index is 1070. The maximum Gasteiger partial charge on any atom is 0.354 e. The van der Waals surface area contributed by atoms with Crippen LogP contribution in [0.3, 0.4) is 0 Å². The first-order valence-corrected chi connectivity index (χ1v) is 10.3. The maximum absolute atomic E-state index is 13.0. The topological polar surface area (TPSA) is 96.8 Å². The van der Waals surface area contributed by atoms with Crippen molar-refractivity contribution in [3.8, 4) is 10.6 Å². The second kappa shape index (κ2) is 8.83. The number of carbonyl (C=O) groups excluding carboxylic acids is 2. The highest BCUT2D eigenvalue weighted by Gasteiger charge is 2.37. The van der Waals surface area contributed by atoms with Crippen molar-refractivity contribution >= 4 is 39.7 Å². The molecule has 9 heteroatoms. The van der Waals surface area contributed by atoms with E-state index >= 15 is 0 Å². The zero-order valence-corrected chi connectivity index (χ0v) is 17.0. The van der Waals surface area contributed by atoms with Crippen LogP contribution in [0.4, 0.5) is 10.8 Å². The van der Waals surface area contributed by atoms with Gasteiger partial charge < -0.3 is 4.74 Å². The fraction of sp³-hybridized carbons (Fsp3) is 0.190. The molecule has 2 heterocycles. The fourth-order valence-electron chi connectivity index (χ4n) is 3.03. The Kier molecular flexibility index (Phi) is 5.80. The van der Waals surface area contributed by atoms with E-state index in [9.17, 15) is 9.59 Å². The average Bonchev–Trinajstić information content (AvgIpc) is 3.43. The molecule has 0 radical (unpaired) electrons. The van der Waals surface area contributed by atoms with Gasteiger partial charge in [-0.15, -0.1) is 10.2 Å². The van der Waals surface area contributed by atoms with E-state index in [-0.39, 0.29) is 24.6 Å². The van der Waals surface area contributed by atoms with Crippen LogP contribution in [0.1, 0.15) is 13.3 Å². The second-order valence-electron chi connectivity index (χ2n) is 6.43. The summed E-state index contributed by atoms with van der Waals surface area (Å²) in [5, 5.41) is 18.0. The number of benzene rings is 2. The van der Waals surface area contributed by atoms with Crippen molar-refractivity contribution in [2.24, 2.45) is 5.10 Å². The molecule has 2 aromatic carbocycles. The molecular formula is C21H19N5O3S. The van der Waals surface area contributed by atoms with E-state index in [1.165, 1.54) is 11.3 Å². The van der Waals surface area contributed by atoms with E-state index in [0.29, 0.717) is 15.8 Å². The normalized spacial score (nSPS) is 15.6. The smallest absolute Gasteiger partial charge is 0.354 e. The number of ether oxygens (including phenoxy) is 1. The van der Waals surface area contributed by atoms with Crippen molar-refractivity contribution < 1.29 is 14.3 Å². The molecular weight excluding hydrogens is 402 g/mol. The van der Waals surface area contributed by atoms with Gasteiger partial charge in [-0.1, -0.05) is 59.9 Å². The molecule has 1 aliphatic rings. The van der Waals surface area contributed by atoms with Crippen LogP contribution >= 0.6 is 11.3 Å². The van der Waals surface area contributed by atoms with Crippen LogP contribution in [-0.4, -0.2) is 40.4 Å². The third-order valence-corrected chi connectivity index (χ3v) is 5.31.